The first kappa shape index (κ1) is 46.5. The number of rotatable bonds is 23. The third-order valence-corrected chi connectivity index (χ3v) is 8.50. The lowest BCUT2D eigenvalue weighted by Gasteiger charge is -2.33. The molecule has 1 fully saturated rings. The number of carbonyl (C=O) groups excluding carboxylic acids is 2. The molecule has 21 heteroatoms. The Balaban J connectivity index is 2.17. The zero-order valence-electron chi connectivity index (χ0n) is 30.7. The zero-order chi connectivity index (χ0) is 39.9. The van der Waals surface area contributed by atoms with Crippen LogP contribution in [0.15, 0.2) is 24.3 Å². The van der Waals surface area contributed by atoms with Gasteiger partial charge in [0.2, 0.25) is 11.8 Å². The topological polar surface area (TPSA) is 271 Å². The normalized spacial score (nSPS) is 16.7. The summed E-state index contributed by atoms with van der Waals surface area (Å²) in [6, 6.07) is 4.74. The Morgan fingerprint density at radius 2 is 1.13 bits per heavy atom. The van der Waals surface area contributed by atoms with Crippen LogP contribution in [-0.4, -0.2) is 196 Å². The molecule has 0 spiro atoms. The fourth-order valence-electron chi connectivity index (χ4n) is 5.46. The van der Waals surface area contributed by atoms with Crippen molar-refractivity contribution in [2.24, 2.45) is 0 Å². The highest BCUT2D eigenvalue weighted by atomic mass is 32.3. The minimum Gasteiger partial charge on any atom is -0.480 e. The van der Waals surface area contributed by atoms with E-state index in [9.17, 15) is 53.0 Å². The Bertz CT molecular complexity index is 1270. The van der Waals surface area contributed by atoms with E-state index in [1.807, 2.05) is 6.92 Å². The maximum absolute atomic E-state index is 13.5. The molecule has 1 heterocycles. The summed E-state index contributed by atoms with van der Waals surface area (Å²) in [5, 5.41) is 33.9. The third-order valence-electron chi connectivity index (χ3n) is 8.08. The standard InChI is InChI=1S/C33H56N6O14S/c1-2-17-51-19-20-52-18-3-8-34-33(47)28(21-26-4-6-27(7-5-26)53-54(48,49)50)35-29(40)22-36-9-11-37(23-30(41)42)13-15-39(25-32(45)46)16-14-38(12-10-36)24-31(43)44/h4-7,28,48-50H,2-3,8-25H2,1H3,(H,34,47)(H,35,40)(H,41,42)(H,43,44)(H,45,46)/t28-/m1/s1. The summed E-state index contributed by atoms with van der Waals surface area (Å²) in [7, 11) is 0. The maximum atomic E-state index is 13.5. The first-order chi connectivity index (χ1) is 25.6. The Kier molecular flexibility index (Phi) is 21.9. The zero-order valence-corrected chi connectivity index (χ0v) is 31.5. The van der Waals surface area contributed by atoms with Crippen LogP contribution in [0.3, 0.4) is 0 Å². The molecule has 0 radical (unpaired) electrons. The van der Waals surface area contributed by atoms with Crippen LogP contribution < -0.4 is 14.8 Å². The molecule has 2 amide bonds. The number of hydrogen-bond acceptors (Lipinski definition) is 15. The van der Waals surface area contributed by atoms with Crippen molar-refractivity contribution in [3.05, 3.63) is 29.8 Å². The molecule has 1 aromatic rings. The molecule has 0 bridgehead atoms. The molecule has 0 aromatic heterocycles. The molecular weight excluding hydrogens is 736 g/mol. The lowest BCUT2D eigenvalue weighted by atomic mass is 10.0. The van der Waals surface area contributed by atoms with Gasteiger partial charge in [-0.3, -0.25) is 57.2 Å². The maximum Gasteiger partial charge on any atom is 0.317 e. The predicted octanol–water partition coefficient (Wildman–Crippen LogP) is -0.344. The van der Waals surface area contributed by atoms with Crippen molar-refractivity contribution in [2.45, 2.75) is 32.2 Å². The van der Waals surface area contributed by atoms with Gasteiger partial charge in [-0.25, -0.2) is 0 Å². The van der Waals surface area contributed by atoms with Crippen LogP contribution >= 0.6 is 11.2 Å². The first-order valence-electron chi connectivity index (χ1n) is 17.7. The summed E-state index contributed by atoms with van der Waals surface area (Å²) in [5.74, 6) is -4.24. The monoisotopic (exact) mass is 792 g/mol. The summed E-state index contributed by atoms with van der Waals surface area (Å²) in [4.78, 5) is 68.3. The van der Waals surface area contributed by atoms with Gasteiger partial charge in [0, 0.05) is 78.5 Å². The average molecular weight is 793 g/mol. The van der Waals surface area contributed by atoms with E-state index in [2.05, 4.69) is 14.8 Å². The number of hydrogen-bond donors (Lipinski definition) is 8. The molecule has 1 saturated heterocycles. The molecule has 1 aromatic carbocycles. The number of carbonyl (C=O) groups is 5. The predicted molar refractivity (Wildman–Crippen MR) is 196 cm³/mol. The number of nitrogens with one attached hydrogen (secondary N) is 2. The van der Waals surface area contributed by atoms with E-state index in [1.54, 1.807) is 19.6 Å². The van der Waals surface area contributed by atoms with Crippen LogP contribution in [0, 0.1) is 0 Å². The van der Waals surface area contributed by atoms with Gasteiger partial charge in [-0.1, -0.05) is 19.1 Å². The summed E-state index contributed by atoms with van der Waals surface area (Å²) < 4.78 is 43.1. The summed E-state index contributed by atoms with van der Waals surface area (Å²) in [6.45, 7) is 4.81. The molecule has 1 atom stereocenters. The second-order valence-electron chi connectivity index (χ2n) is 12.7. The van der Waals surface area contributed by atoms with E-state index in [0.29, 0.717) is 38.4 Å². The van der Waals surface area contributed by atoms with E-state index in [-0.39, 0.29) is 97.3 Å². The highest BCUT2D eigenvalue weighted by Gasteiger charge is 2.25. The van der Waals surface area contributed by atoms with Crippen molar-refractivity contribution >= 4 is 40.9 Å². The molecule has 0 aliphatic carbocycles. The number of benzene rings is 1. The van der Waals surface area contributed by atoms with Gasteiger partial charge in [-0.15, -0.1) is 0 Å². The third kappa shape index (κ3) is 21.9. The number of ether oxygens (including phenoxy) is 2. The van der Waals surface area contributed by atoms with Gasteiger partial charge >= 0.3 is 17.9 Å². The van der Waals surface area contributed by atoms with Crippen molar-refractivity contribution in [3.8, 4) is 5.75 Å². The quantitative estimate of drug-likeness (QED) is 0.0658. The van der Waals surface area contributed by atoms with Crippen LogP contribution in [-0.2, 0) is 39.9 Å². The lowest BCUT2D eigenvalue weighted by molar-refractivity contribution is -0.140. The first-order valence-corrected chi connectivity index (χ1v) is 19.1. The number of amides is 2. The second-order valence-corrected chi connectivity index (χ2v) is 13.8. The molecule has 20 nitrogen and oxygen atoms in total. The summed E-state index contributed by atoms with van der Waals surface area (Å²) >= 11 is -4.25. The van der Waals surface area contributed by atoms with E-state index in [4.69, 9.17) is 9.47 Å². The van der Waals surface area contributed by atoms with Crippen molar-refractivity contribution in [2.75, 3.05) is 112 Å². The minimum absolute atomic E-state index is 0.0319. The van der Waals surface area contributed by atoms with E-state index in [0.717, 1.165) is 6.42 Å². The molecule has 0 unspecified atom stereocenters. The SMILES string of the molecule is CCCOCCOCCCNC(=O)[C@@H](Cc1ccc(OS(O)(O)O)cc1)NC(=O)CN1CCN(CC(=O)O)CCN(CC(=O)O)CCN(CC(=O)O)CC1. The van der Waals surface area contributed by atoms with Crippen molar-refractivity contribution < 1.29 is 66.6 Å². The number of carboxylic acids is 3. The Labute approximate surface area is 316 Å². The Morgan fingerprint density at radius 3 is 1.56 bits per heavy atom. The molecule has 1 aliphatic rings. The Morgan fingerprint density at radius 1 is 0.685 bits per heavy atom. The molecular formula is C33H56N6O14S. The van der Waals surface area contributed by atoms with Gasteiger partial charge in [-0.05, 0) is 30.5 Å². The smallest absolute Gasteiger partial charge is 0.317 e. The molecule has 1 aliphatic heterocycles. The van der Waals surface area contributed by atoms with Crippen LogP contribution in [0.4, 0.5) is 0 Å². The summed E-state index contributed by atoms with van der Waals surface area (Å²) in [6.07, 6.45) is 1.44. The van der Waals surface area contributed by atoms with E-state index in [1.165, 1.54) is 24.3 Å². The number of aliphatic carboxylic acids is 3. The fourth-order valence-corrected chi connectivity index (χ4v) is 5.83. The van der Waals surface area contributed by atoms with Gasteiger partial charge < -0.3 is 39.6 Å². The fraction of sp³-hybridized carbons (Fsp3) is 0.667. The lowest BCUT2D eigenvalue weighted by Crippen LogP contribution is -2.53. The second kappa shape index (κ2) is 25.4. The number of carboxylic acid groups (broad SMARTS) is 3. The van der Waals surface area contributed by atoms with Crippen molar-refractivity contribution in [1.29, 1.82) is 0 Å². The molecule has 0 saturated carbocycles. The van der Waals surface area contributed by atoms with Gasteiger partial charge in [-0.2, -0.15) is 0 Å². The van der Waals surface area contributed by atoms with Gasteiger partial charge in [0.15, 0.2) is 0 Å². The highest BCUT2D eigenvalue weighted by Crippen LogP contribution is 2.35. The van der Waals surface area contributed by atoms with Crippen LogP contribution in [0.2, 0.25) is 0 Å². The van der Waals surface area contributed by atoms with Crippen molar-refractivity contribution in [1.82, 2.24) is 30.2 Å². The van der Waals surface area contributed by atoms with Gasteiger partial charge in [0.1, 0.15) is 11.8 Å². The molecule has 2 rings (SSSR count). The minimum atomic E-state index is -4.25. The average Bonchev–Trinajstić information content (AvgIpc) is 3.07. The van der Waals surface area contributed by atoms with E-state index < -0.39 is 46.9 Å². The van der Waals surface area contributed by atoms with Crippen molar-refractivity contribution in [3.63, 3.8) is 0 Å². The molecule has 8 N–H and O–H groups in total. The van der Waals surface area contributed by atoms with Gasteiger partial charge in [0.25, 0.3) is 11.2 Å². The molecule has 308 valence electrons. The largest absolute Gasteiger partial charge is 0.480 e. The van der Waals surface area contributed by atoms with E-state index >= 15 is 0 Å². The van der Waals surface area contributed by atoms with Crippen LogP contribution in [0.1, 0.15) is 25.3 Å². The van der Waals surface area contributed by atoms with Gasteiger partial charge in [0.05, 0.1) is 39.4 Å². The van der Waals surface area contributed by atoms with Crippen LogP contribution in [0.5, 0.6) is 5.75 Å². The summed E-state index contributed by atoms with van der Waals surface area (Å²) in [5.41, 5.74) is 0.574. The Hall–Kier alpha value is -3.64. The number of nitrogens with zero attached hydrogens (tertiary/aromatic N) is 4. The van der Waals surface area contributed by atoms with Crippen LogP contribution in [0.25, 0.3) is 0 Å². The highest BCUT2D eigenvalue weighted by molar-refractivity contribution is 8.15. The molecule has 54 heavy (non-hydrogen) atoms.